The number of carboxylic acid groups (broad SMARTS) is 1. The highest BCUT2D eigenvalue weighted by molar-refractivity contribution is 6.42. The monoisotopic (exact) mass is 468 g/mol. The molecule has 30 heavy (non-hydrogen) atoms. The van der Waals surface area contributed by atoms with Crippen LogP contribution in [0.4, 0.5) is 11.5 Å². The predicted octanol–water partition coefficient (Wildman–Crippen LogP) is 6.04. The van der Waals surface area contributed by atoms with Gasteiger partial charge in [0.15, 0.2) is 0 Å². The second-order valence-corrected chi connectivity index (χ2v) is 9.19. The topological polar surface area (TPSA) is 71.9 Å². The molecular formula is C21H23Cl3N4O2. The van der Waals surface area contributed by atoms with Crippen LogP contribution in [0.1, 0.15) is 43.6 Å². The van der Waals surface area contributed by atoms with Gasteiger partial charge in [-0.2, -0.15) is 0 Å². The summed E-state index contributed by atoms with van der Waals surface area (Å²) in [7, 11) is 0. The van der Waals surface area contributed by atoms with Gasteiger partial charge in [-0.1, -0.05) is 34.8 Å². The number of rotatable bonds is 4. The van der Waals surface area contributed by atoms with Crippen molar-refractivity contribution in [2.24, 2.45) is 10.9 Å². The number of anilines is 2. The summed E-state index contributed by atoms with van der Waals surface area (Å²) in [5, 5.41) is 10.5. The zero-order valence-corrected chi connectivity index (χ0v) is 19.0. The molecule has 2 aromatic rings. The van der Waals surface area contributed by atoms with Gasteiger partial charge in [0.05, 0.1) is 15.7 Å². The predicted molar refractivity (Wildman–Crippen MR) is 122 cm³/mol. The van der Waals surface area contributed by atoms with Gasteiger partial charge in [-0.05, 0) is 50.8 Å². The summed E-state index contributed by atoms with van der Waals surface area (Å²) in [6.07, 6.45) is 1.82. The highest BCUT2D eigenvalue weighted by Crippen LogP contribution is 2.46. The number of aliphatic imine (C=N–C) groups is 1. The highest BCUT2D eigenvalue weighted by Gasteiger charge is 2.35. The maximum absolute atomic E-state index is 11.0. The van der Waals surface area contributed by atoms with Gasteiger partial charge in [0.1, 0.15) is 17.8 Å². The molecule has 1 aromatic carbocycles. The van der Waals surface area contributed by atoms with Gasteiger partial charge in [-0.15, -0.1) is 0 Å². The molecule has 2 aliphatic heterocycles. The van der Waals surface area contributed by atoms with Gasteiger partial charge in [0.25, 0.3) is 0 Å². The Bertz CT molecular complexity index is 989. The number of hydrogen-bond donors (Lipinski definition) is 2. The van der Waals surface area contributed by atoms with Crippen molar-refractivity contribution in [2.45, 2.75) is 39.3 Å². The van der Waals surface area contributed by atoms with Gasteiger partial charge in [-0.25, -0.2) is 4.99 Å². The quantitative estimate of drug-likeness (QED) is 0.573. The lowest BCUT2D eigenvalue weighted by molar-refractivity contribution is -0.138. The second kappa shape index (κ2) is 8.42. The van der Waals surface area contributed by atoms with Crippen molar-refractivity contribution < 1.29 is 9.90 Å². The largest absolute Gasteiger partial charge is 0.481 e. The number of nitrogens with zero attached hydrogens (tertiary/aromatic N) is 3. The SMILES string of the molecule is CC1=NC(N2CCC(CC(=O)O)CC2)c2cc(C)[nH]c2N1c1c(Cl)cc(Cl)cc1Cl. The summed E-state index contributed by atoms with van der Waals surface area (Å²) in [4.78, 5) is 23.7. The maximum Gasteiger partial charge on any atom is 0.303 e. The number of nitrogens with one attached hydrogen (secondary N) is 1. The molecule has 1 aromatic heterocycles. The number of fused-ring (bicyclic) bond motifs is 1. The number of halogens is 3. The van der Waals surface area contributed by atoms with Crippen LogP contribution in [0.5, 0.6) is 0 Å². The number of benzene rings is 1. The van der Waals surface area contributed by atoms with E-state index >= 15 is 0 Å². The summed E-state index contributed by atoms with van der Waals surface area (Å²) < 4.78 is 0. The number of aryl methyl sites for hydroxylation is 1. The van der Waals surface area contributed by atoms with E-state index in [2.05, 4.69) is 16.0 Å². The zero-order valence-electron chi connectivity index (χ0n) is 16.8. The third-order valence-electron chi connectivity index (χ3n) is 5.76. The van der Waals surface area contributed by atoms with Crippen LogP contribution in [-0.4, -0.2) is 39.9 Å². The first-order valence-electron chi connectivity index (χ1n) is 9.89. The Morgan fingerprint density at radius 1 is 1.17 bits per heavy atom. The number of likely N-dealkylation sites (tertiary alicyclic amines) is 1. The molecule has 0 aliphatic carbocycles. The molecule has 1 atom stereocenters. The molecule has 0 radical (unpaired) electrons. The van der Waals surface area contributed by atoms with E-state index in [1.54, 1.807) is 12.1 Å². The van der Waals surface area contributed by atoms with Crippen molar-refractivity contribution in [2.75, 3.05) is 18.0 Å². The van der Waals surface area contributed by atoms with E-state index in [-0.39, 0.29) is 18.5 Å². The van der Waals surface area contributed by atoms with Crippen LogP contribution in [0.2, 0.25) is 15.1 Å². The molecule has 3 heterocycles. The first-order chi connectivity index (χ1) is 14.2. The molecule has 1 fully saturated rings. The molecule has 160 valence electrons. The van der Waals surface area contributed by atoms with Crippen LogP contribution < -0.4 is 4.90 Å². The van der Waals surface area contributed by atoms with E-state index in [0.717, 1.165) is 48.8 Å². The Morgan fingerprint density at radius 3 is 2.40 bits per heavy atom. The standard InChI is InChI=1S/C21H23Cl3N4O2/c1-11-7-15-20(27-5-3-13(4-6-27)8-18(29)30)26-12(2)28(21(15)25-11)19-16(23)9-14(22)10-17(19)24/h7,9-10,13,20,25H,3-6,8H2,1-2H3,(H,29,30). The number of aromatic amines is 1. The summed E-state index contributed by atoms with van der Waals surface area (Å²) in [5.74, 6) is 1.16. The lowest BCUT2D eigenvalue weighted by Gasteiger charge is -2.39. The average molecular weight is 470 g/mol. The normalized spacial score (nSPS) is 20.2. The van der Waals surface area contributed by atoms with E-state index in [4.69, 9.17) is 44.9 Å². The first kappa shape index (κ1) is 21.5. The fraction of sp³-hybridized carbons (Fsp3) is 0.429. The van der Waals surface area contributed by atoms with Gasteiger partial charge in [0, 0.05) is 35.8 Å². The second-order valence-electron chi connectivity index (χ2n) is 7.94. The lowest BCUT2D eigenvalue weighted by Crippen LogP contribution is -2.40. The van der Waals surface area contributed by atoms with Crippen molar-refractivity contribution in [1.82, 2.24) is 9.88 Å². The molecular weight excluding hydrogens is 447 g/mol. The Balaban J connectivity index is 1.67. The summed E-state index contributed by atoms with van der Waals surface area (Å²) in [6, 6.07) is 5.45. The molecule has 2 N–H and O–H groups in total. The Kier molecular flexibility index (Phi) is 6.04. The van der Waals surface area contributed by atoms with Gasteiger partial charge in [-0.3, -0.25) is 14.6 Å². The molecule has 2 aliphatic rings. The van der Waals surface area contributed by atoms with E-state index in [9.17, 15) is 4.79 Å². The maximum atomic E-state index is 11.0. The molecule has 1 saturated heterocycles. The Hall–Kier alpha value is -1.73. The molecule has 0 saturated carbocycles. The van der Waals surface area contributed by atoms with Crippen LogP contribution in [0.25, 0.3) is 0 Å². The van der Waals surface area contributed by atoms with Gasteiger partial charge in [0.2, 0.25) is 0 Å². The van der Waals surface area contributed by atoms with Crippen LogP contribution in [-0.2, 0) is 4.79 Å². The smallest absolute Gasteiger partial charge is 0.303 e. The summed E-state index contributed by atoms with van der Waals surface area (Å²) >= 11 is 19.1. The van der Waals surface area contributed by atoms with Crippen molar-refractivity contribution in [1.29, 1.82) is 0 Å². The van der Waals surface area contributed by atoms with Crippen LogP contribution in [0.15, 0.2) is 23.2 Å². The van der Waals surface area contributed by atoms with Crippen LogP contribution in [0.3, 0.4) is 0 Å². The first-order valence-corrected chi connectivity index (χ1v) is 11.0. The number of piperidine rings is 1. The van der Waals surface area contributed by atoms with Crippen molar-refractivity contribution in [3.05, 3.63) is 44.5 Å². The van der Waals surface area contributed by atoms with E-state index in [1.807, 2.05) is 18.7 Å². The summed E-state index contributed by atoms with van der Waals surface area (Å²) in [6.45, 7) is 5.56. The molecule has 0 amide bonds. The minimum atomic E-state index is -0.726. The molecule has 4 rings (SSSR count). The third-order valence-corrected chi connectivity index (χ3v) is 6.55. The van der Waals surface area contributed by atoms with Crippen molar-refractivity contribution in [3.8, 4) is 0 Å². The number of carbonyl (C=O) groups is 1. The fourth-order valence-corrected chi connectivity index (χ4v) is 5.38. The lowest BCUT2D eigenvalue weighted by atomic mass is 9.93. The summed E-state index contributed by atoms with van der Waals surface area (Å²) in [5.41, 5.74) is 2.71. The van der Waals surface area contributed by atoms with Gasteiger partial charge >= 0.3 is 5.97 Å². The number of hydrogen-bond acceptors (Lipinski definition) is 4. The molecule has 1 unspecified atom stereocenters. The Morgan fingerprint density at radius 2 is 1.80 bits per heavy atom. The molecule has 9 heteroatoms. The van der Waals surface area contributed by atoms with Crippen LogP contribution >= 0.6 is 34.8 Å². The van der Waals surface area contributed by atoms with E-state index in [0.29, 0.717) is 20.8 Å². The average Bonchev–Trinajstić information content (AvgIpc) is 3.04. The number of amidine groups is 1. The number of H-pyrrole nitrogens is 1. The van der Waals surface area contributed by atoms with Crippen molar-refractivity contribution >= 4 is 58.1 Å². The minimum absolute atomic E-state index is 0.128. The van der Waals surface area contributed by atoms with Crippen LogP contribution in [0, 0.1) is 12.8 Å². The fourth-order valence-electron chi connectivity index (χ4n) is 4.39. The number of aromatic nitrogens is 1. The number of carboxylic acids is 1. The molecule has 0 bridgehead atoms. The number of aliphatic carboxylic acids is 1. The highest BCUT2D eigenvalue weighted by atomic mass is 35.5. The Labute approximate surface area is 190 Å². The van der Waals surface area contributed by atoms with Gasteiger partial charge < -0.3 is 10.1 Å². The minimum Gasteiger partial charge on any atom is -0.481 e. The molecule has 0 spiro atoms. The third kappa shape index (κ3) is 4.06. The van der Waals surface area contributed by atoms with E-state index in [1.165, 1.54) is 0 Å². The molecule has 6 nitrogen and oxygen atoms in total. The van der Waals surface area contributed by atoms with E-state index < -0.39 is 5.97 Å². The zero-order chi connectivity index (χ0) is 21.6. The van der Waals surface area contributed by atoms with Crippen molar-refractivity contribution in [3.63, 3.8) is 0 Å².